The summed E-state index contributed by atoms with van der Waals surface area (Å²) in [6, 6.07) is 7.66. The first-order chi connectivity index (χ1) is 11.2. The average Bonchev–Trinajstić information content (AvgIpc) is 3.11. The van der Waals surface area contributed by atoms with Crippen molar-refractivity contribution in [2.24, 2.45) is 0 Å². The molecule has 23 heavy (non-hydrogen) atoms. The molecule has 1 saturated heterocycles. The van der Waals surface area contributed by atoms with Gasteiger partial charge in [-0.25, -0.2) is 4.79 Å². The Morgan fingerprint density at radius 3 is 2.74 bits per heavy atom. The molecule has 1 aromatic carbocycles. The fourth-order valence-electron chi connectivity index (χ4n) is 1.87. The van der Waals surface area contributed by atoms with Gasteiger partial charge in [-0.05, 0) is 6.07 Å². The summed E-state index contributed by atoms with van der Waals surface area (Å²) < 4.78 is 10.7. The van der Waals surface area contributed by atoms with Gasteiger partial charge in [0.05, 0.1) is 11.1 Å². The Bertz CT molecular complexity index is 594. The lowest BCUT2D eigenvalue weighted by atomic mass is 10.2. The van der Waals surface area contributed by atoms with Crippen molar-refractivity contribution in [3.63, 3.8) is 0 Å². The molecule has 122 valence electrons. The number of benzene rings is 1. The number of ether oxygens (including phenoxy) is 2. The van der Waals surface area contributed by atoms with Crippen LogP contribution in [0.25, 0.3) is 0 Å². The van der Waals surface area contributed by atoms with E-state index < -0.39 is 11.9 Å². The van der Waals surface area contributed by atoms with Gasteiger partial charge in [0.25, 0.3) is 5.91 Å². The molecular weight excluding hydrogens is 334 g/mol. The largest absolute Gasteiger partial charge is 0.482 e. The number of rotatable bonds is 7. The Kier molecular flexibility index (Phi) is 7.17. The van der Waals surface area contributed by atoms with E-state index in [0.29, 0.717) is 10.3 Å². The molecule has 0 radical (unpaired) electrons. The first kappa shape index (κ1) is 17.6. The predicted octanol–water partition coefficient (Wildman–Crippen LogP) is 1.84. The SMILES string of the molecule is C#CCNC(=O)COC(=O)COc1ccccc1C1SCCS1. The smallest absolute Gasteiger partial charge is 0.344 e. The van der Waals surface area contributed by atoms with Gasteiger partial charge in [0, 0.05) is 17.1 Å². The van der Waals surface area contributed by atoms with Crippen LogP contribution in [0.5, 0.6) is 5.75 Å². The molecule has 0 aliphatic carbocycles. The number of para-hydroxylation sites is 1. The Morgan fingerprint density at radius 2 is 2.00 bits per heavy atom. The van der Waals surface area contributed by atoms with Gasteiger partial charge < -0.3 is 14.8 Å². The third-order valence-electron chi connectivity index (χ3n) is 2.89. The quantitative estimate of drug-likeness (QED) is 0.597. The second-order valence-electron chi connectivity index (χ2n) is 4.54. The first-order valence-electron chi connectivity index (χ1n) is 7.01. The lowest BCUT2D eigenvalue weighted by Crippen LogP contribution is -2.30. The molecule has 1 amide bonds. The van der Waals surface area contributed by atoms with E-state index in [0.717, 1.165) is 17.1 Å². The number of carbonyl (C=O) groups excluding carboxylic acids is 2. The van der Waals surface area contributed by atoms with Crippen LogP contribution in [-0.2, 0) is 14.3 Å². The molecule has 1 aliphatic rings. The fraction of sp³-hybridized carbons (Fsp3) is 0.375. The van der Waals surface area contributed by atoms with Crippen LogP contribution >= 0.6 is 23.5 Å². The zero-order chi connectivity index (χ0) is 16.5. The standard InChI is InChI=1S/C16H17NO4S2/c1-2-7-17-14(18)10-21-15(19)11-20-13-6-4-3-5-12(13)16-22-8-9-23-16/h1,3-6,16H,7-11H2,(H,17,18). The Hall–Kier alpha value is -1.78. The van der Waals surface area contributed by atoms with E-state index in [1.807, 2.05) is 47.8 Å². The predicted molar refractivity (Wildman–Crippen MR) is 92.4 cm³/mol. The van der Waals surface area contributed by atoms with Gasteiger partial charge in [-0.15, -0.1) is 29.9 Å². The average molecular weight is 351 g/mol. The van der Waals surface area contributed by atoms with Crippen molar-refractivity contribution in [3.05, 3.63) is 29.8 Å². The summed E-state index contributed by atoms with van der Waals surface area (Å²) in [6.45, 7) is -0.488. The Morgan fingerprint density at radius 1 is 1.26 bits per heavy atom. The number of hydrogen-bond acceptors (Lipinski definition) is 6. The fourth-order valence-corrected chi connectivity index (χ4v) is 4.78. The zero-order valence-corrected chi connectivity index (χ0v) is 14.1. The minimum Gasteiger partial charge on any atom is -0.482 e. The van der Waals surface area contributed by atoms with Crippen molar-refractivity contribution in [2.75, 3.05) is 31.3 Å². The molecule has 1 fully saturated rings. The molecule has 2 rings (SSSR count). The lowest BCUT2D eigenvalue weighted by molar-refractivity contribution is -0.150. The van der Waals surface area contributed by atoms with E-state index in [1.165, 1.54) is 0 Å². The number of esters is 1. The minimum absolute atomic E-state index is 0.108. The van der Waals surface area contributed by atoms with Gasteiger partial charge in [0.15, 0.2) is 13.2 Å². The highest BCUT2D eigenvalue weighted by Crippen LogP contribution is 2.48. The summed E-state index contributed by atoms with van der Waals surface area (Å²) in [5, 5.41) is 2.41. The second kappa shape index (κ2) is 9.38. The Labute approximate surface area is 143 Å². The molecule has 0 unspecified atom stereocenters. The normalized spacial score (nSPS) is 14.0. The van der Waals surface area contributed by atoms with Crippen molar-refractivity contribution < 1.29 is 19.1 Å². The lowest BCUT2D eigenvalue weighted by Gasteiger charge is -2.14. The van der Waals surface area contributed by atoms with Gasteiger partial charge in [0.1, 0.15) is 5.75 Å². The maximum absolute atomic E-state index is 11.6. The molecule has 1 aromatic rings. The second-order valence-corrected chi connectivity index (χ2v) is 7.27. The number of amides is 1. The highest BCUT2D eigenvalue weighted by molar-refractivity contribution is 8.19. The van der Waals surface area contributed by atoms with Crippen LogP contribution in [0.4, 0.5) is 0 Å². The van der Waals surface area contributed by atoms with Crippen LogP contribution in [0, 0.1) is 12.3 Å². The molecule has 1 heterocycles. The summed E-state index contributed by atoms with van der Waals surface area (Å²) in [5.74, 6) is 4.13. The van der Waals surface area contributed by atoms with Crippen LogP contribution in [0.1, 0.15) is 10.1 Å². The monoisotopic (exact) mass is 351 g/mol. The van der Waals surface area contributed by atoms with Crippen molar-refractivity contribution in [1.82, 2.24) is 5.32 Å². The summed E-state index contributed by atoms with van der Waals surface area (Å²) >= 11 is 3.73. The molecule has 0 aromatic heterocycles. The molecular formula is C16H17NO4S2. The van der Waals surface area contributed by atoms with E-state index in [2.05, 4.69) is 11.2 Å². The third kappa shape index (κ3) is 5.73. The first-order valence-corrected chi connectivity index (χ1v) is 9.11. The van der Waals surface area contributed by atoms with Gasteiger partial charge in [-0.3, -0.25) is 4.79 Å². The maximum atomic E-state index is 11.6. The third-order valence-corrected chi connectivity index (χ3v) is 5.96. The van der Waals surface area contributed by atoms with E-state index in [4.69, 9.17) is 15.9 Å². The molecule has 1 aliphatic heterocycles. The molecule has 0 atom stereocenters. The number of carbonyl (C=O) groups is 2. The molecule has 7 heteroatoms. The van der Waals surface area contributed by atoms with Crippen LogP contribution in [0.3, 0.4) is 0 Å². The van der Waals surface area contributed by atoms with Crippen LogP contribution in [-0.4, -0.2) is 43.1 Å². The molecule has 0 spiro atoms. The highest BCUT2D eigenvalue weighted by atomic mass is 32.2. The highest BCUT2D eigenvalue weighted by Gasteiger charge is 2.22. The number of thioether (sulfide) groups is 2. The number of hydrogen-bond donors (Lipinski definition) is 1. The number of nitrogens with one attached hydrogen (secondary N) is 1. The van der Waals surface area contributed by atoms with Crippen LogP contribution in [0.2, 0.25) is 0 Å². The summed E-state index contributed by atoms with van der Waals surface area (Å²) in [7, 11) is 0. The van der Waals surface area contributed by atoms with Crippen molar-refractivity contribution >= 4 is 35.4 Å². The topological polar surface area (TPSA) is 64.6 Å². The minimum atomic E-state index is -0.595. The summed E-state index contributed by atoms with van der Waals surface area (Å²) in [5.41, 5.74) is 1.07. The van der Waals surface area contributed by atoms with E-state index in [1.54, 1.807) is 0 Å². The van der Waals surface area contributed by atoms with Gasteiger partial charge in [0.2, 0.25) is 0 Å². The van der Waals surface area contributed by atoms with Crippen LogP contribution < -0.4 is 10.1 Å². The number of terminal acetylenes is 1. The molecule has 0 bridgehead atoms. The van der Waals surface area contributed by atoms with Crippen LogP contribution in [0.15, 0.2) is 24.3 Å². The van der Waals surface area contributed by atoms with Gasteiger partial charge in [-0.2, -0.15) is 0 Å². The Balaban J connectivity index is 1.80. The van der Waals surface area contributed by atoms with E-state index >= 15 is 0 Å². The molecule has 1 N–H and O–H groups in total. The van der Waals surface area contributed by atoms with Crippen molar-refractivity contribution in [2.45, 2.75) is 4.58 Å². The summed E-state index contributed by atoms with van der Waals surface area (Å²) in [4.78, 5) is 22.9. The maximum Gasteiger partial charge on any atom is 0.344 e. The molecule has 0 saturated carbocycles. The molecule has 5 nitrogen and oxygen atoms in total. The van der Waals surface area contributed by atoms with Crippen molar-refractivity contribution in [1.29, 1.82) is 0 Å². The van der Waals surface area contributed by atoms with E-state index in [-0.39, 0.29) is 19.8 Å². The zero-order valence-electron chi connectivity index (χ0n) is 12.4. The van der Waals surface area contributed by atoms with E-state index in [9.17, 15) is 9.59 Å². The van der Waals surface area contributed by atoms with Gasteiger partial charge in [-0.1, -0.05) is 24.1 Å². The van der Waals surface area contributed by atoms with Crippen molar-refractivity contribution in [3.8, 4) is 18.1 Å². The summed E-state index contributed by atoms with van der Waals surface area (Å²) in [6.07, 6.45) is 5.01. The van der Waals surface area contributed by atoms with Gasteiger partial charge >= 0.3 is 5.97 Å².